The highest BCUT2D eigenvalue weighted by atomic mass is 16.7. The van der Waals surface area contributed by atoms with Gasteiger partial charge in [-0.3, -0.25) is 0 Å². The first kappa shape index (κ1) is 19.3. The van der Waals surface area contributed by atoms with Gasteiger partial charge >= 0.3 is 17.6 Å². The standard InChI is InChI=1S/C21H17NO8/c1-26-20(24)11-3-4-13(21(25)27-2)15(5-11)22-9-12-6-19(23)30-16-8-18-17(7-14(12)16)28-10-29-18/h3-8,22H,9-10H2,1-2H3. The maximum Gasteiger partial charge on any atom is 0.339 e. The zero-order valence-electron chi connectivity index (χ0n) is 16.1. The Hall–Kier alpha value is -4.01. The van der Waals surface area contributed by atoms with Crippen molar-refractivity contribution in [3.63, 3.8) is 0 Å². The molecule has 3 aromatic rings. The zero-order valence-corrected chi connectivity index (χ0v) is 16.1. The topological polar surface area (TPSA) is 113 Å². The maximum absolute atomic E-state index is 12.1. The van der Waals surface area contributed by atoms with Crippen LogP contribution in [0.2, 0.25) is 0 Å². The highest BCUT2D eigenvalue weighted by Crippen LogP contribution is 2.36. The van der Waals surface area contributed by atoms with E-state index in [9.17, 15) is 14.4 Å². The van der Waals surface area contributed by atoms with Crippen LogP contribution in [0.3, 0.4) is 0 Å². The van der Waals surface area contributed by atoms with Gasteiger partial charge in [0, 0.05) is 29.8 Å². The van der Waals surface area contributed by atoms with Crippen LogP contribution in [-0.2, 0) is 16.0 Å². The molecule has 2 heterocycles. The van der Waals surface area contributed by atoms with E-state index in [0.29, 0.717) is 33.7 Å². The lowest BCUT2D eigenvalue weighted by Gasteiger charge is -2.13. The summed E-state index contributed by atoms with van der Waals surface area (Å²) in [5, 5.41) is 3.74. The highest BCUT2D eigenvalue weighted by molar-refractivity contribution is 5.99. The molecule has 1 aliphatic heterocycles. The first-order valence-electron chi connectivity index (χ1n) is 8.91. The molecule has 0 fully saturated rings. The molecule has 0 amide bonds. The zero-order chi connectivity index (χ0) is 21.3. The molecular formula is C21H17NO8. The van der Waals surface area contributed by atoms with Crippen LogP contribution in [0.15, 0.2) is 45.6 Å². The first-order valence-corrected chi connectivity index (χ1v) is 8.91. The number of nitrogens with one attached hydrogen (secondary N) is 1. The van der Waals surface area contributed by atoms with Gasteiger partial charge in [0.1, 0.15) is 5.58 Å². The lowest BCUT2D eigenvalue weighted by atomic mass is 10.1. The third-order valence-electron chi connectivity index (χ3n) is 4.64. The average Bonchev–Trinajstić information content (AvgIpc) is 3.22. The molecule has 0 saturated heterocycles. The van der Waals surface area contributed by atoms with Crippen molar-refractivity contribution >= 4 is 28.6 Å². The summed E-state index contributed by atoms with van der Waals surface area (Å²) in [6.45, 7) is 0.253. The molecule has 1 aromatic heterocycles. The summed E-state index contributed by atoms with van der Waals surface area (Å²) in [5.41, 5.74) is 1.27. The maximum atomic E-state index is 12.1. The number of benzene rings is 2. The Morgan fingerprint density at radius 3 is 2.47 bits per heavy atom. The number of anilines is 1. The van der Waals surface area contributed by atoms with Crippen LogP contribution in [0, 0.1) is 0 Å². The Bertz CT molecular complexity index is 1210. The van der Waals surface area contributed by atoms with E-state index >= 15 is 0 Å². The molecule has 0 bridgehead atoms. The molecule has 0 unspecified atom stereocenters. The molecule has 2 aromatic carbocycles. The van der Waals surface area contributed by atoms with E-state index in [4.69, 9.17) is 23.4 Å². The van der Waals surface area contributed by atoms with E-state index in [1.165, 1.54) is 38.5 Å². The predicted octanol–water partition coefficient (Wildman–Crippen LogP) is 2.71. The van der Waals surface area contributed by atoms with Gasteiger partial charge in [-0.2, -0.15) is 0 Å². The second-order valence-corrected chi connectivity index (χ2v) is 6.39. The van der Waals surface area contributed by atoms with E-state index in [1.807, 2.05) is 0 Å². The second kappa shape index (κ2) is 7.78. The molecule has 4 rings (SSSR count). The summed E-state index contributed by atoms with van der Waals surface area (Å²) in [4.78, 5) is 36.0. The number of methoxy groups -OCH3 is 2. The SMILES string of the molecule is COC(=O)c1ccc(C(=O)OC)c(NCc2cc(=O)oc3cc4c(cc23)OCO4)c1. The molecule has 154 valence electrons. The molecule has 0 atom stereocenters. The average molecular weight is 411 g/mol. The summed E-state index contributed by atoms with van der Waals surface area (Å²) in [6, 6.07) is 9.09. The molecule has 0 radical (unpaired) electrons. The van der Waals surface area contributed by atoms with Gasteiger partial charge < -0.3 is 28.7 Å². The van der Waals surface area contributed by atoms with Crippen LogP contribution >= 0.6 is 0 Å². The van der Waals surface area contributed by atoms with Crippen molar-refractivity contribution in [2.24, 2.45) is 0 Å². The Balaban J connectivity index is 1.72. The second-order valence-electron chi connectivity index (χ2n) is 6.39. The van der Waals surface area contributed by atoms with Crippen molar-refractivity contribution in [2.45, 2.75) is 6.54 Å². The predicted molar refractivity (Wildman–Crippen MR) is 105 cm³/mol. The van der Waals surface area contributed by atoms with Crippen LogP contribution in [0.25, 0.3) is 11.0 Å². The summed E-state index contributed by atoms with van der Waals surface area (Å²) in [6.07, 6.45) is 0. The van der Waals surface area contributed by atoms with E-state index in [-0.39, 0.29) is 24.5 Å². The van der Waals surface area contributed by atoms with Crippen LogP contribution in [-0.4, -0.2) is 33.0 Å². The fraction of sp³-hybridized carbons (Fsp3) is 0.190. The number of rotatable bonds is 5. The largest absolute Gasteiger partial charge is 0.465 e. The van der Waals surface area contributed by atoms with Crippen molar-refractivity contribution in [3.8, 4) is 11.5 Å². The van der Waals surface area contributed by atoms with Crippen molar-refractivity contribution in [1.29, 1.82) is 0 Å². The summed E-state index contributed by atoms with van der Waals surface area (Å²) in [7, 11) is 2.53. The molecule has 0 aliphatic carbocycles. The Morgan fingerprint density at radius 1 is 1.00 bits per heavy atom. The Morgan fingerprint density at radius 2 is 1.73 bits per heavy atom. The lowest BCUT2D eigenvalue weighted by Crippen LogP contribution is -2.12. The third-order valence-corrected chi connectivity index (χ3v) is 4.64. The first-order chi connectivity index (χ1) is 14.5. The molecular weight excluding hydrogens is 394 g/mol. The van der Waals surface area contributed by atoms with E-state index in [2.05, 4.69) is 5.32 Å². The van der Waals surface area contributed by atoms with Crippen LogP contribution in [0.4, 0.5) is 5.69 Å². The minimum absolute atomic E-state index is 0.0896. The smallest absolute Gasteiger partial charge is 0.339 e. The van der Waals surface area contributed by atoms with Crippen molar-refractivity contribution in [1.82, 2.24) is 0 Å². The van der Waals surface area contributed by atoms with Crippen LogP contribution in [0.1, 0.15) is 26.3 Å². The molecule has 0 spiro atoms. The van der Waals surface area contributed by atoms with Crippen molar-refractivity contribution in [2.75, 3.05) is 26.3 Å². The lowest BCUT2D eigenvalue weighted by molar-refractivity contribution is 0.0587. The number of esters is 2. The van der Waals surface area contributed by atoms with E-state index in [0.717, 1.165) is 0 Å². The van der Waals surface area contributed by atoms with Gasteiger partial charge in [-0.15, -0.1) is 0 Å². The number of hydrogen-bond donors (Lipinski definition) is 1. The molecule has 9 heteroatoms. The molecule has 9 nitrogen and oxygen atoms in total. The quantitative estimate of drug-likeness (QED) is 0.500. The number of fused-ring (bicyclic) bond motifs is 2. The van der Waals surface area contributed by atoms with Gasteiger partial charge in [0.05, 0.1) is 25.3 Å². The fourth-order valence-corrected chi connectivity index (χ4v) is 3.18. The minimum atomic E-state index is -0.574. The van der Waals surface area contributed by atoms with Crippen LogP contribution in [0.5, 0.6) is 11.5 Å². The van der Waals surface area contributed by atoms with E-state index in [1.54, 1.807) is 12.1 Å². The van der Waals surface area contributed by atoms with Gasteiger partial charge in [0.15, 0.2) is 11.5 Å². The van der Waals surface area contributed by atoms with Gasteiger partial charge in [-0.1, -0.05) is 0 Å². The van der Waals surface area contributed by atoms with Crippen molar-refractivity contribution < 1.29 is 33.0 Å². The Kier molecular flexibility index (Phi) is 5.01. The number of hydrogen-bond acceptors (Lipinski definition) is 9. The van der Waals surface area contributed by atoms with Crippen LogP contribution < -0.4 is 20.4 Å². The third kappa shape index (κ3) is 3.52. The molecule has 30 heavy (non-hydrogen) atoms. The van der Waals surface area contributed by atoms with E-state index < -0.39 is 17.6 Å². The number of carbonyl (C=O) groups is 2. The Labute approximate surface area is 170 Å². The summed E-state index contributed by atoms with van der Waals surface area (Å²) < 4.78 is 25.5. The number of carbonyl (C=O) groups excluding carboxylic acids is 2. The van der Waals surface area contributed by atoms with Gasteiger partial charge in [0.25, 0.3) is 0 Å². The van der Waals surface area contributed by atoms with Gasteiger partial charge in [0.2, 0.25) is 6.79 Å². The summed E-state index contributed by atoms with van der Waals surface area (Å²) >= 11 is 0. The normalized spacial score (nSPS) is 11.9. The minimum Gasteiger partial charge on any atom is -0.465 e. The van der Waals surface area contributed by atoms with Crippen molar-refractivity contribution in [3.05, 3.63) is 63.5 Å². The van der Waals surface area contributed by atoms with Gasteiger partial charge in [-0.25, -0.2) is 14.4 Å². The monoisotopic (exact) mass is 411 g/mol. The highest BCUT2D eigenvalue weighted by Gasteiger charge is 2.19. The molecule has 1 N–H and O–H groups in total. The molecule has 1 aliphatic rings. The number of ether oxygens (including phenoxy) is 4. The molecule has 0 saturated carbocycles. The fourth-order valence-electron chi connectivity index (χ4n) is 3.18. The van der Waals surface area contributed by atoms with Gasteiger partial charge in [-0.05, 0) is 29.8 Å². The summed E-state index contributed by atoms with van der Waals surface area (Å²) in [5.74, 6) is -0.0854.